The second kappa shape index (κ2) is 7.23. The number of aliphatic hydroxyl groups excluding tert-OH is 1. The molecule has 2 atom stereocenters. The van der Waals surface area contributed by atoms with Crippen LogP contribution < -0.4 is 10.2 Å². The van der Waals surface area contributed by atoms with Crippen molar-refractivity contribution in [3.63, 3.8) is 0 Å². The molecule has 0 amide bonds. The van der Waals surface area contributed by atoms with Crippen LogP contribution >= 0.6 is 0 Å². The third-order valence-corrected chi connectivity index (χ3v) is 4.90. The highest BCUT2D eigenvalue weighted by Crippen LogP contribution is 2.22. The van der Waals surface area contributed by atoms with Gasteiger partial charge in [0, 0.05) is 31.4 Å². The van der Waals surface area contributed by atoms with E-state index in [-0.39, 0.29) is 6.10 Å². The third-order valence-electron chi connectivity index (χ3n) is 4.90. The number of hydrogen-bond acceptors (Lipinski definition) is 4. The van der Waals surface area contributed by atoms with Gasteiger partial charge in [0.1, 0.15) is 5.82 Å². The van der Waals surface area contributed by atoms with Crippen molar-refractivity contribution in [2.75, 3.05) is 18.0 Å². The van der Waals surface area contributed by atoms with Crippen LogP contribution in [0.15, 0.2) is 24.4 Å². The fraction of sp³-hybridized carbons (Fsp3) is 0.706. The van der Waals surface area contributed by atoms with Crippen LogP contribution in [0, 0.1) is 0 Å². The molecule has 1 saturated carbocycles. The van der Waals surface area contributed by atoms with E-state index in [4.69, 9.17) is 0 Å². The molecule has 2 fully saturated rings. The quantitative estimate of drug-likeness (QED) is 0.839. The Morgan fingerprint density at radius 2 is 1.86 bits per heavy atom. The zero-order valence-corrected chi connectivity index (χ0v) is 12.7. The Kier molecular flexibility index (Phi) is 5.09. The molecular weight excluding hydrogens is 262 g/mol. The van der Waals surface area contributed by atoms with Crippen molar-refractivity contribution in [3.8, 4) is 0 Å². The maximum atomic E-state index is 10.2. The van der Waals surface area contributed by atoms with E-state index in [1.165, 1.54) is 19.3 Å². The van der Waals surface area contributed by atoms with Crippen molar-refractivity contribution in [2.45, 2.75) is 63.1 Å². The first-order chi connectivity index (χ1) is 10.3. The molecule has 1 aliphatic heterocycles. The molecule has 0 spiro atoms. The molecule has 0 bridgehead atoms. The molecule has 21 heavy (non-hydrogen) atoms. The lowest BCUT2D eigenvalue weighted by atomic mass is 10.00. The maximum absolute atomic E-state index is 10.2. The van der Waals surface area contributed by atoms with Gasteiger partial charge in [-0.3, -0.25) is 0 Å². The van der Waals surface area contributed by atoms with E-state index in [0.29, 0.717) is 12.1 Å². The SMILES string of the molecule is OC1CCCCCC1NC1CCN(c2ccccn2)CC1. The summed E-state index contributed by atoms with van der Waals surface area (Å²) >= 11 is 0. The van der Waals surface area contributed by atoms with Crippen LogP contribution in [-0.4, -0.2) is 41.4 Å². The molecule has 2 N–H and O–H groups in total. The molecule has 0 aromatic carbocycles. The van der Waals surface area contributed by atoms with Gasteiger partial charge in [0.15, 0.2) is 0 Å². The summed E-state index contributed by atoms with van der Waals surface area (Å²) in [7, 11) is 0. The number of piperidine rings is 1. The summed E-state index contributed by atoms with van der Waals surface area (Å²) in [6.07, 6.45) is 9.78. The van der Waals surface area contributed by atoms with Gasteiger partial charge < -0.3 is 15.3 Å². The Balaban J connectivity index is 1.49. The van der Waals surface area contributed by atoms with E-state index in [2.05, 4.69) is 27.3 Å². The Morgan fingerprint density at radius 1 is 1.05 bits per heavy atom. The lowest BCUT2D eigenvalue weighted by Gasteiger charge is -2.36. The summed E-state index contributed by atoms with van der Waals surface area (Å²) in [6.45, 7) is 2.11. The minimum absolute atomic E-state index is 0.152. The summed E-state index contributed by atoms with van der Waals surface area (Å²) in [5.41, 5.74) is 0. The highest BCUT2D eigenvalue weighted by Gasteiger charge is 2.26. The third kappa shape index (κ3) is 3.95. The number of nitrogens with zero attached hydrogens (tertiary/aromatic N) is 2. The van der Waals surface area contributed by atoms with Gasteiger partial charge >= 0.3 is 0 Å². The van der Waals surface area contributed by atoms with Crippen LogP contribution in [0.5, 0.6) is 0 Å². The van der Waals surface area contributed by atoms with Crippen molar-refractivity contribution < 1.29 is 5.11 Å². The van der Waals surface area contributed by atoms with Gasteiger partial charge in [-0.1, -0.05) is 25.3 Å². The van der Waals surface area contributed by atoms with Crippen molar-refractivity contribution >= 4 is 5.82 Å². The molecule has 4 heteroatoms. The topological polar surface area (TPSA) is 48.4 Å². The van der Waals surface area contributed by atoms with E-state index in [0.717, 1.165) is 44.6 Å². The Bertz CT molecular complexity index is 417. The molecule has 116 valence electrons. The number of aliphatic hydroxyl groups is 1. The van der Waals surface area contributed by atoms with Gasteiger partial charge in [0.2, 0.25) is 0 Å². The van der Waals surface area contributed by atoms with Crippen LogP contribution in [-0.2, 0) is 0 Å². The number of pyridine rings is 1. The molecule has 1 aliphatic carbocycles. The van der Waals surface area contributed by atoms with Crippen molar-refractivity contribution in [1.82, 2.24) is 10.3 Å². The van der Waals surface area contributed by atoms with Crippen LogP contribution in [0.25, 0.3) is 0 Å². The lowest BCUT2D eigenvalue weighted by molar-refractivity contribution is 0.111. The predicted molar refractivity (Wildman–Crippen MR) is 85.5 cm³/mol. The monoisotopic (exact) mass is 289 g/mol. The second-order valence-electron chi connectivity index (χ2n) is 6.43. The lowest BCUT2D eigenvalue weighted by Crippen LogP contribution is -2.49. The van der Waals surface area contributed by atoms with Crippen molar-refractivity contribution in [3.05, 3.63) is 24.4 Å². The number of nitrogens with one attached hydrogen (secondary N) is 1. The highest BCUT2D eigenvalue weighted by molar-refractivity contribution is 5.38. The van der Waals surface area contributed by atoms with E-state index in [1.807, 2.05) is 12.3 Å². The minimum atomic E-state index is -0.152. The Labute approximate surface area is 127 Å². The average Bonchev–Trinajstić information content (AvgIpc) is 2.74. The molecule has 0 radical (unpaired) electrons. The van der Waals surface area contributed by atoms with E-state index < -0.39 is 0 Å². The zero-order valence-electron chi connectivity index (χ0n) is 12.7. The largest absolute Gasteiger partial charge is 0.392 e. The molecular formula is C17H27N3O. The smallest absolute Gasteiger partial charge is 0.128 e. The van der Waals surface area contributed by atoms with Crippen molar-refractivity contribution in [1.29, 1.82) is 0 Å². The van der Waals surface area contributed by atoms with Gasteiger partial charge in [0.25, 0.3) is 0 Å². The van der Waals surface area contributed by atoms with E-state index in [1.54, 1.807) is 0 Å². The molecule has 2 unspecified atom stereocenters. The maximum Gasteiger partial charge on any atom is 0.128 e. The fourth-order valence-corrected chi connectivity index (χ4v) is 3.60. The molecule has 1 aromatic heterocycles. The molecule has 2 heterocycles. The number of anilines is 1. The first-order valence-electron chi connectivity index (χ1n) is 8.43. The minimum Gasteiger partial charge on any atom is -0.392 e. The molecule has 1 saturated heterocycles. The summed E-state index contributed by atoms with van der Waals surface area (Å²) in [6, 6.07) is 6.95. The molecule has 2 aliphatic rings. The number of hydrogen-bond donors (Lipinski definition) is 2. The van der Waals surface area contributed by atoms with Crippen LogP contribution in [0.4, 0.5) is 5.82 Å². The number of aromatic nitrogens is 1. The summed E-state index contributed by atoms with van der Waals surface area (Å²) in [5.74, 6) is 1.09. The fourth-order valence-electron chi connectivity index (χ4n) is 3.60. The van der Waals surface area contributed by atoms with Gasteiger partial charge in [0.05, 0.1) is 6.10 Å². The van der Waals surface area contributed by atoms with E-state index in [9.17, 15) is 5.11 Å². The molecule has 1 aromatic rings. The standard InChI is InChI=1S/C17H27N3O/c21-16-7-3-1-2-6-15(16)19-14-9-12-20(13-10-14)17-8-4-5-11-18-17/h4-5,8,11,14-16,19,21H,1-3,6-7,9-10,12-13H2. The summed E-state index contributed by atoms with van der Waals surface area (Å²) < 4.78 is 0. The van der Waals surface area contributed by atoms with Gasteiger partial charge in [-0.25, -0.2) is 4.98 Å². The zero-order chi connectivity index (χ0) is 14.5. The van der Waals surface area contributed by atoms with Crippen molar-refractivity contribution in [2.24, 2.45) is 0 Å². The van der Waals surface area contributed by atoms with Crippen LogP contribution in [0.1, 0.15) is 44.9 Å². The molecule has 3 rings (SSSR count). The second-order valence-corrected chi connectivity index (χ2v) is 6.43. The molecule has 4 nitrogen and oxygen atoms in total. The van der Waals surface area contributed by atoms with E-state index >= 15 is 0 Å². The van der Waals surface area contributed by atoms with Gasteiger partial charge in [-0.05, 0) is 37.8 Å². The normalized spacial score (nSPS) is 28.3. The first kappa shape index (κ1) is 14.8. The predicted octanol–water partition coefficient (Wildman–Crippen LogP) is 2.33. The Hall–Kier alpha value is -1.13. The number of rotatable bonds is 3. The summed E-state index contributed by atoms with van der Waals surface area (Å²) in [4.78, 5) is 6.80. The average molecular weight is 289 g/mol. The van der Waals surface area contributed by atoms with Gasteiger partial charge in [-0.2, -0.15) is 0 Å². The summed E-state index contributed by atoms with van der Waals surface area (Å²) in [5, 5.41) is 13.9. The Morgan fingerprint density at radius 3 is 2.62 bits per heavy atom. The first-order valence-corrected chi connectivity index (χ1v) is 8.43. The highest BCUT2D eigenvalue weighted by atomic mass is 16.3. The van der Waals surface area contributed by atoms with Crippen LogP contribution in [0.3, 0.4) is 0 Å². The van der Waals surface area contributed by atoms with Crippen LogP contribution in [0.2, 0.25) is 0 Å². The van der Waals surface area contributed by atoms with Gasteiger partial charge in [-0.15, -0.1) is 0 Å².